The molecule has 2 rings (SSSR count). The summed E-state index contributed by atoms with van der Waals surface area (Å²) in [6, 6.07) is 5.12. The van der Waals surface area contributed by atoms with Crippen molar-refractivity contribution in [2.24, 2.45) is 5.73 Å². The van der Waals surface area contributed by atoms with Crippen LogP contribution in [0.3, 0.4) is 0 Å². The Kier molecular flexibility index (Phi) is 5.32. The van der Waals surface area contributed by atoms with Gasteiger partial charge in [0.05, 0.1) is 16.1 Å². The second kappa shape index (κ2) is 6.80. The molecule has 1 aliphatic heterocycles. The van der Waals surface area contributed by atoms with Gasteiger partial charge in [-0.25, -0.2) is 4.39 Å². The van der Waals surface area contributed by atoms with Crippen molar-refractivity contribution in [3.63, 3.8) is 0 Å². The molecule has 0 spiro atoms. The van der Waals surface area contributed by atoms with Crippen LogP contribution in [0.2, 0.25) is 5.02 Å². The van der Waals surface area contributed by atoms with Gasteiger partial charge < -0.3 is 5.73 Å². The molecule has 1 atom stereocenters. The van der Waals surface area contributed by atoms with E-state index in [1.54, 1.807) is 6.07 Å². The first-order chi connectivity index (χ1) is 9.47. The van der Waals surface area contributed by atoms with Crippen molar-refractivity contribution >= 4 is 28.8 Å². The minimum Gasteiger partial charge on any atom is -0.392 e. The van der Waals surface area contributed by atoms with E-state index in [0.29, 0.717) is 4.99 Å². The Morgan fingerprint density at radius 3 is 2.60 bits per heavy atom. The van der Waals surface area contributed by atoms with E-state index < -0.39 is 0 Å². The number of nitrogens with two attached hydrogens (primary N) is 1. The Morgan fingerprint density at radius 2 is 2.05 bits per heavy atom. The predicted molar refractivity (Wildman–Crippen MR) is 84.5 cm³/mol. The summed E-state index contributed by atoms with van der Waals surface area (Å²) >= 11 is 10.7. The summed E-state index contributed by atoms with van der Waals surface area (Å²) in [6.45, 7) is 6.48. The largest absolute Gasteiger partial charge is 0.392 e. The summed E-state index contributed by atoms with van der Waals surface area (Å²) in [4.78, 5) is 5.12. The van der Waals surface area contributed by atoms with Gasteiger partial charge in [-0.2, -0.15) is 0 Å². The Morgan fingerprint density at radius 1 is 1.40 bits per heavy atom. The second-order valence-corrected chi connectivity index (χ2v) is 6.02. The first-order valence-corrected chi connectivity index (χ1v) is 7.45. The highest BCUT2D eigenvalue weighted by Gasteiger charge is 2.22. The monoisotopic (exact) mass is 315 g/mol. The van der Waals surface area contributed by atoms with E-state index >= 15 is 0 Å². The lowest BCUT2D eigenvalue weighted by Crippen LogP contribution is -2.52. The molecule has 0 saturated carbocycles. The lowest BCUT2D eigenvalue weighted by molar-refractivity contribution is 0.118. The van der Waals surface area contributed by atoms with Gasteiger partial charge in [0, 0.05) is 32.7 Å². The number of rotatable bonds is 4. The van der Waals surface area contributed by atoms with Crippen LogP contribution in [0, 0.1) is 5.82 Å². The van der Waals surface area contributed by atoms with E-state index in [0.717, 1.165) is 38.3 Å². The highest BCUT2D eigenvalue weighted by atomic mass is 35.5. The fraction of sp³-hybridized carbons (Fsp3) is 0.500. The quantitative estimate of drug-likeness (QED) is 0.864. The highest BCUT2D eigenvalue weighted by Crippen LogP contribution is 2.17. The van der Waals surface area contributed by atoms with Crippen LogP contribution in [0.4, 0.5) is 4.39 Å². The molecule has 6 heteroatoms. The molecule has 0 radical (unpaired) electrons. The predicted octanol–water partition coefficient (Wildman–Crippen LogP) is 2.27. The van der Waals surface area contributed by atoms with Crippen molar-refractivity contribution in [1.82, 2.24) is 9.80 Å². The summed E-state index contributed by atoms with van der Waals surface area (Å²) < 4.78 is 13.4. The van der Waals surface area contributed by atoms with Gasteiger partial charge in [0.25, 0.3) is 0 Å². The van der Waals surface area contributed by atoms with Crippen molar-refractivity contribution in [2.75, 3.05) is 26.2 Å². The van der Waals surface area contributed by atoms with Gasteiger partial charge in [0.15, 0.2) is 0 Å². The molecule has 20 heavy (non-hydrogen) atoms. The molecule has 110 valence electrons. The molecule has 0 aromatic heterocycles. The summed E-state index contributed by atoms with van der Waals surface area (Å²) in [5, 5.41) is 0.170. The third-order valence-electron chi connectivity index (χ3n) is 3.76. The highest BCUT2D eigenvalue weighted by molar-refractivity contribution is 7.80. The van der Waals surface area contributed by atoms with Gasteiger partial charge in [0.1, 0.15) is 5.82 Å². The maximum atomic E-state index is 13.4. The molecule has 3 nitrogen and oxygen atoms in total. The van der Waals surface area contributed by atoms with Crippen LogP contribution in [0.15, 0.2) is 18.2 Å². The van der Waals surface area contributed by atoms with Crippen molar-refractivity contribution in [2.45, 2.75) is 19.5 Å². The molecule has 1 fully saturated rings. The third kappa shape index (κ3) is 3.88. The van der Waals surface area contributed by atoms with E-state index in [1.807, 2.05) is 13.0 Å². The summed E-state index contributed by atoms with van der Waals surface area (Å²) in [6.07, 6.45) is 0. The van der Waals surface area contributed by atoms with Gasteiger partial charge in [0.2, 0.25) is 0 Å². The average Bonchev–Trinajstić information content (AvgIpc) is 2.43. The van der Waals surface area contributed by atoms with E-state index in [9.17, 15) is 4.39 Å². The van der Waals surface area contributed by atoms with Gasteiger partial charge in [-0.3, -0.25) is 9.80 Å². The van der Waals surface area contributed by atoms with Gasteiger partial charge in [-0.1, -0.05) is 29.9 Å². The first kappa shape index (κ1) is 15.6. The molecule has 1 saturated heterocycles. The smallest absolute Gasteiger partial charge is 0.142 e. The molecular formula is C14H19ClFN3S. The van der Waals surface area contributed by atoms with E-state index in [2.05, 4.69) is 9.80 Å². The minimum atomic E-state index is -0.357. The number of piperazine rings is 1. The zero-order valence-electron chi connectivity index (χ0n) is 11.5. The molecule has 0 amide bonds. The van der Waals surface area contributed by atoms with Crippen LogP contribution >= 0.6 is 23.8 Å². The summed E-state index contributed by atoms with van der Waals surface area (Å²) in [5.41, 5.74) is 6.62. The standard InChI is InChI=1S/C14H19ClFN3S/c1-10(14(17)20)19-6-4-18(5-7-19)9-11-2-3-12(15)13(16)8-11/h2-3,8,10H,4-7,9H2,1H3,(H2,17,20). The SMILES string of the molecule is CC(C(N)=S)N1CCN(Cc2ccc(Cl)c(F)c2)CC1. The zero-order chi connectivity index (χ0) is 14.7. The number of hydrogen-bond acceptors (Lipinski definition) is 3. The summed E-state index contributed by atoms with van der Waals surface area (Å²) in [5.74, 6) is -0.357. The fourth-order valence-electron chi connectivity index (χ4n) is 2.38. The molecule has 2 N–H and O–H groups in total. The first-order valence-electron chi connectivity index (χ1n) is 6.67. The second-order valence-electron chi connectivity index (χ2n) is 5.14. The van der Waals surface area contributed by atoms with E-state index in [1.165, 1.54) is 6.07 Å². The van der Waals surface area contributed by atoms with Crippen LogP contribution in [0.5, 0.6) is 0 Å². The number of benzene rings is 1. The number of hydrogen-bond donors (Lipinski definition) is 1. The minimum absolute atomic E-state index is 0.139. The molecule has 1 aromatic rings. The van der Waals surface area contributed by atoms with Crippen molar-refractivity contribution < 1.29 is 4.39 Å². The maximum Gasteiger partial charge on any atom is 0.142 e. The molecule has 0 aliphatic carbocycles. The van der Waals surface area contributed by atoms with E-state index in [4.69, 9.17) is 29.6 Å². The van der Waals surface area contributed by atoms with Gasteiger partial charge in [-0.15, -0.1) is 0 Å². The van der Waals surface area contributed by atoms with Crippen LogP contribution in [0.1, 0.15) is 12.5 Å². The van der Waals surface area contributed by atoms with Crippen LogP contribution < -0.4 is 5.73 Å². The van der Waals surface area contributed by atoms with Crippen molar-refractivity contribution in [3.05, 3.63) is 34.6 Å². The lowest BCUT2D eigenvalue weighted by Gasteiger charge is -2.37. The Hall–Kier alpha value is -0.750. The average molecular weight is 316 g/mol. The van der Waals surface area contributed by atoms with Gasteiger partial charge >= 0.3 is 0 Å². The molecule has 1 aromatic carbocycles. The molecule has 1 heterocycles. The number of nitrogens with zero attached hydrogens (tertiary/aromatic N) is 2. The maximum absolute atomic E-state index is 13.4. The van der Waals surface area contributed by atoms with Crippen LogP contribution in [0.25, 0.3) is 0 Å². The topological polar surface area (TPSA) is 32.5 Å². The normalized spacial score (nSPS) is 18.9. The Labute approximate surface area is 129 Å². The van der Waals surface area contributed by atoms with Crippen molar-refractivity contribution in [1.29, 1.82) is 0 Å². The molecule has 0 bridgehead atoms. The molecular weight excluding hydrogens is 297 g/mol. The Bertz CT molecular complexity index is 489. The van der Waals surface area contributed by atoms with E-state index in [-0.39, 0.29) is 16.9 Å². The van der Waals surface area contributed by atoms with Crippen LogP contribution in [-0.2, 0) is 6.54 Å². The zero-order valence-corrected chi connectivity index (χ0v) is 13.1. The summed E-state index contributed by atoms with van der Waals surface area (Å²) in [7, 11) is 0. The lowest BCUT2D eigenvalue weighted by atomic mass is 10.1. The van der Waals surface area contributed by atoms with Gasteiger partial charge in [-0.05, 0) is 24.6 Å². The number of thiocarbonyl (C=S) groups is 1. The molecule has 1 unspecified atom stereocenters. The molecule has 1 aliphatic rings. The van der Waals surface area contributed by atoms with Crippen LogP contribution in [-0.4, -0.2) is 47.0 Å². The van der Waals surface area contributed by atoms with Crippen molar-refractivity contribution in [3.8, 4) is 0 Å². The fourth-order valence-corrected chi connectivity index (χ4v) is 2.65. The number of halogens is 2. The Balaban J connectivity index is 1.88. The third-order valence-corrected chi connectivity index (χ3v) is 4.40.